The third-order valence-electron chi connectivity index (χ3n) is 4.36. The molecule has 3 aromatic rings. The van der Waals surface area contributed by atoms with Crippen molar-refractivity contribution < 1.29 is 36.7 Å². The maximum Gasteiger partial charge on any atom is 0.338 e. The quantitative estimate of drug-likeness (QED) is 0.450. The zero-order valence-electron chi connectivity index (χ0n) is 17.4. The number of furan rings is 1. The molecular weight excluding hydrogens is 452 g/mol. The van der Waals surface area contributed by atoms with Gasteiger partial charge in [-0.15, -0.1) is 0 Å². The van der Waals surface area contributed by atoms with Gasteiger partial charge in [-0.3, -0.25) is 14.9 Å². The van der Waals surface area contributed by atoms with Gasteiger partial charge in [0.2, 0.25) is 10.0 Å². The molecule has 0 aliphatic rings. The normalized spacial score (nSPS) is 10.9. The zero-order valence-corrected chi connectivity index (χ0v) is 18.3. The third kappa shape index (κ3) is 6.28. The Kier molecular flexibility index (Phi) is 7.59. The van der Waals surface area contributed by atoms with Crippen LogP contribution in [0.25, 0.3) is 0 Å². The van der Waals surface area contributed by atoms with Crippen LogP contribution in [0.1, 0.15) is 26.5 Å². The molecule has 0 radical (unpaired) electrons. The molecular formula is C22H20N2O8S. The minimum atomic E-state index is -3.82. The predicted octanol–water partition coefficient (Wildman–Crippen LogP) is 1.88. The lowest BCUT2D eigenvalue weighted by Gasteiger charge is -2.09. The molecule has 2 N–H and O–H groups in total. The van der Waals surface area contributed by atoms with Crippen molar-refractivity contribution >= 4 is 27.8 Å². The Morgan fingerprint density at radius 3 is 2.36 bits per heavy atom. The highest BCUT2D eigenvalue weighted by molar-refractivity contribution is 7.89. The summed E-state index contributed by atoms with van der Waals surface area (Å²) in [6, 6.07) is 14.5. The fourth-order valence-corrected chi connectivity index (χ4v) is 3.70. The summed E-state index contributed by atoms with van der Waals surface area (Å²) < 4.78 is 42.1. The Bertz CT molecular complexity index is 1240. The standard InChI is InChI=1S/C22H20N2O8S/c1-30-19-7-3-2-6-18(19)21(26)24-20(25)14-32-22(27)15-8-10-17(11-9-15)33(28,29)23-13-16-5-4-12-31-16/h2-12,23H,13-14H2,1H3,(H,24,25,26). The van der Waals surface area contributed by atoms with E-state index in [4.69, 9.17) is 13.9 Å². The molecule has 0 saturated heterocycles. The van der Waals surface area contributed by atoms with Crippen molar-refractivity contribution in [2.75, 3.05) is 13.7 Å². The number of imide groups is 1. The van der Waals surface area contributed by atoms with Crippen molar-refractivity contribution in [3.63, 3.8) is 0 Å². The van der Waals surface area contributed by atoms with Gasteiger partial charge in [-0.05, 0) is 48.5 Å². The summed E-state index contributed by atoms with van der Waals surface area (Å²) in [5, 5.41) is 2.10. The van der Waals surface area contributed by atoms with E-state index in [2.05, 4.69) is 10.0 Å². The molecule has 10 nitrogen and oxygen atoms in total. The molecule has 1 heterocycles. The number of rotatable bonds is 9. The number of hydrogen-bond acceptors (Lipinski definition) is 8. The smallest absolute Gasteiger partial charge is 0.338 e. The van der Waals surface area contributed by atoms with Crippen molar-refractivity contribution in [3.05, 3.63) is 83.8 Å². The maximum absolute atomic E-state index is 12.3. The molecule has 33 heavy (non-hydrogen) atoms. The molecule has 3 rings (SSSR count). The van der Waals surface area contributed by atoms with E-state index in [1.165, 1.54) is 43.7 Å². The van der Waals surface area contributed by atoms with Crippen LogP contribution in [0.3, 0.4) is 0 Å². The van der Waals surface area contributed by atoms with E-state index in [1.54, 1.807) is 30.3 Å². The average molecular weight is 472 g/mol. The largest absolute Gasteiger partial charge is 0.496 e. The maximum atomic E-state index is 12.3. The summed E-state index contributed by atoms with van der Waals surface area (Å²) in [7, 11) is -2.43. The van der Waals surface area contributed by atoms with Gasteiger partial charge in [0, 0.05) is 0 Å². The Balaban J connectivity index is 1.53. The third-order valence-corrected chi connectivity index (χ3v) is 5.77. The van der Waals surface area contributed by atoms with Crippen LogP contribution >= 0.6 is 0 Å². The van der Waals surface area contributed by atoms with Crippen molar-refractivity contribution in [2.45, 2.75) is 11.4 Å². The summed E-state index contributed by atoms with van der Waals surface area (Å²) >= 11 is 0. The SMILES string of the molecule is COc1ccccc1C(=O)NC(=O)COC(=O)c1ccc(S(=O)(=O)NCc2ccco2)cc1. The first-order valence-corrected chi connectivity index (χ1v) is 11.0. The topological polar surface area (TPSA) is 141 Å². The van der Waals surface area contributed by atoms with Gasteiger partial charge in [-0.1, -0.05) is 12.1 Å². The predicted molar refractivity (Wildman–Crippen MR) is 115 cm³/mol. The second-order valence-electron chi connectivity index (χ2n) is 6.58. The Morgan fingerprint density at radius 2 is 1.70 bits per heavy atom. The molecule has 2 amide bonds. The first kappa shape index (κ1) is 23.7. The summed E-state index contributed by atoms with van der Waals surface area (Å²) in [5.41, 5.74) is 0.181. The van der Waals surface area contributed by atoms with Gasteiger partial charge in [-0.2, -0.15) is 0 Å². The van der Waals surface area contributed by atoms with E-state index in [1.807, 2.05) is 0 Å². The summed E-state index contributed by atoms with van der Waals surface area (Å²) in [6.45, 7) is -0.730. The minimum absolute atomic E-state index is 0.0260. The zero-order chi connectivity index (χ0) is 23.8. The Labute approximate surface area is 189 Å². The minimum Gasteiger partial charge on any atom is -0.496 e. The summed E-state index contributed by atoms with van der Waals surface area (Å²) in [4.78, 5) is 36.3. The van der Waals surface area contributed by atoms with Crippen molar-refractivity contribution in [1.82, 2.24) is 10.0 Å². The number of esters is 1. The van der Waals surface area contributed by atoms with Crippen LogP contribution in [-0.4, -0.2) is 39.9 Å². The molecule has 0 spiro atoms. The first-order valence-electron chi connectivity index (χ1n) is 9.56. The van der Waals surface area contributed by atoms with E-state index in [-0.39, 0.29) is 28.3 Å². The monoisotopic (exact) mass is 472 g/mol. The van der Waals surface area contributed by atoms with Crippen LogP contribution < -0.4 is 14.8 Å². The lowest BCUT2D eigenvalue weighted by Crippen LogP contribution is -2.34. The van der Waals surface area contributed by atoms with Crippen LogP contribution in [0, 0.1) is 0 Å². The van der Waals surface area contributed by atoms with E-state index in [0.717, 1.165) is 0 Å². The summed E-state index contributed by atoms with van der Waals surface area (Å²) in [5.74, 6) is -1.66. The van der Waals surface area contributed by atoms with Crippen molar-refractivity contribution in [2.24, 2.45) is 0 Å². The van der Waals surface area contributed by atoms with Crippen molar-refractivity contribution in [1.29, 1.82) is 0 Å². The molecule has 0 atom stereocenters. The number of nitrogens with one attached hydrogen (secondary N) is 2. The molecule has 0 aliphatic carbocycles. The summed E-state index contributed by atoms with van der Waals surface area (Å²) in [6.07, 6.45) is 1.43. The fraction of sp³-hybridized carbons (Fsp3) is 0.136. The number of amides is 2. The number of para-hydroxylation sites is 1. The second-order valence-corrected chi connectivity index (χ2v) is 8.35. The van der Waals surface area contributed by atoms with Crippen LogP contribution in [0.5, 0.6) is 5.75 Å². The van der Waals surface area contributed by atoms with Gasteiger partial charge in [-0.25, -0.2) is 17.9 Å². The lowest BCUT2D eigenvalue weighted by atomic mass is 10.2. The van der Waals surface area contributed by atoms with Gasteiger partial charge >= 0.3 is 5.97 Å². The van der Waals surface area contributed by atoms with Gasteiger partial charge in [0.15, 0.2) is 6.61 Å². The van der Waals surface area contributed by atoms with Gasteiger partial charge < -0.3 is 13.9 Å². The van der Waals surface area contributed by atoms with E-state index in [0.29, 0.717) is 5.76 Å². The average Bonchev–Trinajstić information content (AvgIpc) is 3.35. The molecule has 11 heteroatoms. The number of sulfonamides is 1. The lowest BCUT2D eigenvalue weighted by molar-refractivity contribution is -0.123. The molecule has 0 unspecified atom stereocenters. The molecule has 1 aromatic heterocycles. The number of carbonyl (C=O) groups excluding carboxylic acids is 3. The fourth-order valence-electron chi connectivity index (χ4n) is 2.71. The van der Waals surface area contributed by atoms with Gasteiger partial charge in [0.1, 0.15) is 11.5 Å². The first-order chi connectivity index (χ1) is 15.8. The van der Waals surface area contributed by atoms with Crippen LogP contribution in [-0.2, 0) is 26.1 Å². The number of carbonyl (C=O) groups is 3. The number of methoxy groups -OCH3 is 1. The highest BCUT2D eigenvalue weighted by Crippen LogP contribution is 2.17. The highest BCUT2D eigenvalue weighted by Gasteiger charge is 2.18. The number of benzene rings is 2. The Hall–Kier alpha value is -3.96. The van der Waals surface area contributed by atoms with E-state index >= 15 is 0 Å². The van der Waals surface area contributed by atoms with Gasteiger partial charge in [0.05, 0.1) is 35.9 Å². The molecule has 0 aliphatic heterocycles. The highest BCUT2D eigenvalue weighted by atomic mass is 32.2. The van der Waals surface area contributed by atoms with Gasteiger partial charge in [0.25, 0.3) is 11.8 Å². The number of ether oxygens (including phenoxy) is 2. The number of hydrogen-bond donors (Lipinski definition) is 2. The van der Waals surface area contributed by atoms with E-state index in [9.17, 15) is 22.8 Å². The van der Waals surface area contributed by atoms with Crippen LogP contribution in [0.4, 0.5) is 0 Å². The van der Waals surface area contributed by atoms with Crippen LogP contribution in [0.2, 0.25) is 0 Å². The van der Waals surface area contributed by atoms with Crippen molar-refractivity contribution in [3.8, 4) is 5.75 Å². The Morgan fingerprint density at radius 1 is 0.970 bits per heavy atom. The van der Waals surface area contributed by atoms with Crippen LogP contribution in [0.15, 0.2) is 76.2 Å². The molecule has 172 valence electrons. The second kappa shape index (κ2) is 10.6. The molecule has 2 aromatic carbocycles. The molecule has 0 saturated carbocycles. The molecule has 0 fully saturated rings. The molecule has 0 bridgehead atoms. The van der Waals surface area contributed by atoms with E-state index < -0.39 is 34.4 Å².